The molecule has 0 heterocycles. The van der Waals surface area contributed by atoms with Crippen LogP contribution in [0.15, 0.2) is 12.3 Å². The van der Waals surface area contributed by atoms with Crippen LogP contribution in [0.25, 0.3) is 0 Å². The van der Waals surface area contributed by atoms with Crippen molar-refractivity contribution < 1.29 is 9.90 Å². The number of hydrogen-bond acceptors (Lipinski definition) is 2. The van der Waals surface area contributed by atoms with Crippen LogP contribution in [0.2, 0.25) is 0 Å². The van der Waals surface area contributed by atoms with Gasteiger partial charge in [0.25, 0.3) is 0 Å². The second-order valence-electron chi connectivity index (χ2n) is 2.07. The van der Waals surface area contributed by atoms with Crippen LogP contribution in [0.3, 0.4) is 0 Å². The SMILES string of the molecule is C=C(O)CCCC.NC(N)=O. The zero-order chi connectivity index (χ0) is 9.28. The first kappa shape index (κ1) is 12.5. The van der Waals surface area contributed by atoms with Crippen molar-refractivity contribution in [1.29, 1.82) is 0 Å². The van der Waals surface area contributed by atoms with E-state index in [4.69, 9.17) is 9.90 Å². The number of amides is 2. The van der Waals surface area contributed by atoms with Crippen molar-refractivity contribution in [3.05, 3.63) is 12.3 Å². The average molecular weight is 160 g/mol. The lowest BCUT2D eigenvalue weighted by atomic mass is 10.2. The summed E-state index contributed by atoms with van der Waals surface area (Å²) in [5, 5.41) is 8.49. The molecule has 0 radical (unpaired) electrons. The molecule has 2 amide bonds. The van der Waals surface area contributed by atoms with E-state index in [1.54, 1.807) is 0 Å². The largest absolute Gasteiger partial charge is 0.513 e. The quantitative estimate of drug-likeness (QED) is 0.543. The van der Waals surface area contributed by atoms with Crippen LogP contribution in [0.1, 0.15) is 26.2 Å². The molecule has 0 aliphatic heterocycles. The summed E-state index contributed by atoms with van der Waals surface area (Å²) < 4.78 is 0. The highest BCUT2D eigenvalue weighted by Gasteiger charge is 1.83. The normalized spacial score (nSPS) is 7.73. The van der Waals surface area contributed by atoms with Crippen LogP contribution < -0.4 is 11.5 Å². The minimum absolute atomic E-state index is 0.307. The van der Waals surface area contributed by atoms with E-state index in [1.165, 1.54) is 0 Å². The van der Waals surface area contributed by atoms with Crippen LogP contribution in [-0.2, 0) is 0 Å². The van der Waals surface area contributed by atoms with E-state index in [9.17, 15) is 0 Å². The van der Waals surface area contributed by atoms with Crippen molar-refractivity contribution in [3.8, 4) is 0 Å². The molecule has 0 rings (SSSR count). The van der Waals surface area contributed by atoms with Crippen molar-refractivity contribution in [2.75, 3.05) is 0 Å². The minimum atomic E-state index is -0.833. The molecular weight excluding hydrogens is 144 g/mol. The van der Waals surface area contributed by atoms with Crippen molar-refractivity contribution in [3.63, 3.8) is 0 Å². The van der Waals surface area contributed by atoms with Crippen LogP contribution in [-0.4, -0.2) is 11.1 Å². The molecule has 11 heavy (non-hydrogen) atoms. The Balaban J connectivity index is 0. The second-order valence-corrected chi connectivity index (χ2v) is 2.07. The molecule has 0 saturated carbocycles. The topological polar surface area (TPSA) is 89.3 Å². The molecule has 66 valence electrons. The molecule has 4 heteroatoms. The predicted molar refractivity (Wildman–Crippen MR) is 45.1 cm³/mol. The van der Waals surface area contributed by atoms with Crippen molar-refractivity contribution >= 4 is 6.03 Å². The molecule has 0 bridgehead atoms. The van der Waals surface area contributed by atoms with E-state index in [0.717, 1.165) is 19.3 Å². The number of unbranched alkanes of at least 4 members (excludes halogenated alkanes) is 1. The molecule has 0 aromatic rings. The standard InChI is InChI=1S/C6H12O.CH4N2O/c1-3-4-5-6(2)7;2-1(3)4/h7H,2-5H2,1H3;(H4,2,3,4). The third-order valence-corrected chi connectivity index (χ3v) is 0.819. The van der Waals surface area contributed by atoms with Gasteiger partial charge in [-0.25, -0.2) is 4.79 Å². The lowest BCUT2D eigenvalue weighted by Gasteiger charge is -1.91. The monoisotopic (exact) mass is 160 g/mol. The van der Waals surface area contributed by atoms with Gasteiger partial charge in [0.2, 0.25) is 0 Å². The maximum Gasteiger partial charge on any atom is 0.309 e. The molecule has 0 aliphatic rings. The first-order valence-corrected chi connectivity index (χ1v) is 3.42. The van der Waals surface area contributed by atoms with Gasteiger partial charge >= 0.3 is 6.03 Å². The van der Waals surface area contributed by atoms with E-state index in [0.29, 0.717) is 5.76 Å². The molecule has 0 aliphatic carbocycles. The summed E-state index contributed by atoms with van der Waals surface area (Å²) in [5.74, 6) is 0.307. The number of primary amides is 2. The zero-order valence-corrected chi connectivity index (χ0v) is 6.84. The Kier molecular flexibility index (Phi) is 10.00. The number of urea groups is 1. The van der Waals surface area contributed by atoms with Crippen molar-refractivity contribution in [1.82, 2.24) is 0 Å². The summed E-state index contributed by atoms with van der Waals surface area (Å²) in [5.41, 5.74) is 8.50. The molecule has 0 aromatic carbocycles. The van der Waals surface area contributed by atoms with Gasteiger partial charge in [0.1, 0.15) is 0 Å². The van der Waals surface area contributed by atoms with E-state index in [-0.39, 0.29) is 0 Å². The summed E-state index contributed by atoms with van der Waals surface area (Å²) in [6.45, 7) is 5.43. The van der Waals surface area contributed by atoms with Gasteiger partial charge in [-0.2, -0.15) is 0 Å². The Morgan fingerprint density at radius 3 is 2.00 bits per heavy atom. The Bertz CT molecular complexity index is 120. The number of hydrogen-bond donors (Lipinski definition) is 3. The molecule has 4 nitrogen and oxygen atoms in total. The Labute approximate surface area is 66.9 Å². The highest BCUT2D eigenvalue weighted by atomic mass is 16.3. The van der Waals surface area contributed by atoms with Gasteiger partial charge in [0.15, 0.2) is 0 Å². The van der Waals surface area contributed by atoms with E-state index < -0.39 is 6.03 Å². The van der Waals surface area contributed by atoms with E-state index in [2.05, 4.69) is 25.0 Å². The van der Waals surface area contributed by atoms with Crippen LogP contribution >= 0.6 is 0 Å². The van der Waals surface area contributed by atoms with Gasteiger partial charge in [-0.05, 0) is 6.42 Å². The number of carbonyl (C=O) groups excluding carboxylic acids is 1. The smallest absolute Gasteiger partial charge is 0.309 e. The lowest BCUT2D eigenvalue weighted by molar-refractivity contribution is 0.256. The van der Waals surface area contributed by atoms with Crippen LogP contribution in [0.5, 0.6) is 0 Å². The number of aliphatic hydroxyl groups excluding tert-OH is 1. The molecule has 5 N–H and O–H groups in total. The van der Waals surface area contributed by atoms with Gasteiger partial charge in [-0.1, -0.05) is 19.9 Å². The van der Waals surface area contributed by atoms with Crippen LogP contribution in [0, 0.1) is 0 Å². The molecular formula is C7H16N2O2. The third-order valence-electron chi connectivity index (χ3n) is 0.819. The Morgan fingerprint density at radius 1 is 1.55 bits per heavy atom. The van der Waals surface area contributed by atoms with Gasteiger partial charge in [0, 0.05) is 6.42 Å². The Morgan fingerprint density at radius 2 is 1.91 bits per heavy atom. The van der Waals surface area contributed by atoms with Crippen molar-refractivity contribution in [2.24, 2.45) is 11.5 Å². The minimum Gasteiger partial charge on any atom is -0.513 e. The lowest BCUT2D eigenvalue weighted by Crippen LogP contribution is -2.18. The van der Waals surface area contributed by atoms with Gasteiger partial charge in [0.05, 0.1) is 5.76 Å². The molecule has 0 saturated heterocycles. The summed E-state index contributed by atoms with van der Waals surface area (Å²) in [6, 6.07) is -0.833. The van der Waals surface area contributed by atoms with E-state index in [1.807, 2.05) is 0 Å². The number of allylic oxidation sites excluding steroid dienone is 1. The molecule has 0 fully saturated rings. The summed E-state index contributed by atoms with van der Waals surface area (Å²) >= 11 is 0. The average Bonchev–Trinajstić information content (AvgIpc) is 1.82. The first-order chi connectivity index (χ1) is 5.00. The number of aliphatic hydroxyl groups is 1. The first-order valence-electron chi connectivity index (χ1n) is 3.42. The van der Waals surface area contributed by atoms with Gasteiger partial charge < -0.3 is 16.6 Å². The fraction of sp³-hybridized carbons (Fsp3) is 0.571. The summed E-state index contributed by atoms with van der Waals surface area (Å²) in [6.07, 6.45) is 2.94. The van der Waals surface area contributed by atoms with Crippen molar-refractivity contribution in [2.45, 2.75) is 26.2 Å². The fourth-order valence-electron chi connectivity index (χ4n) is 0.381. The fourth-order valence-corrected chi connectivity index (χ4v) is 0.381. The summed E-state index contributed by atoms with van der Waals surface area (Å²) in [4.78, 5) is 9.00. The Hall–Kier alpha value is -1.19. The number of nitrogens with two attached hydrogens (primary N) is 2. The summed E-state index contributed by atoms with van der Waals surface area (Å²) in [7, 11) is 0. The maximum absolute atomic E-state index is 9.00. The highest BCUT2D eigenvalue weighted by molar-refractivity contribution is 5.69. The zero-order valence-electron chi connectivity index (χ0n) is 6.84. The maximum atomic E-state index is 9.00. The molecule has 0 aromatic heterocycles. The van der Waals surface area contributed by atoms with Gasteiger partial charge in [-0.15, -0.1) is 0 Å². The highest BCUT2D eigenvalue weighted by Crippen LogP contribution is 1.99. The number of rotatable bonds is 3. The molecule has 0 unspecified atom stereocenters. The van der Waals surface area contributed by atoms with Gasteiger partial charge in [-0.3, -0.25) is 0 Å². The second kappa shape index (κ2) is 8.81. The molecule has 0 spiro atoms. The van der Waals surface area contributed by atoms with Crippen LogP contribution in [0.4, 0.5) is 4.79 Å². The van der Waals surface area contributed by atoms with E-state index >= 15 is 0 Å². The number of carbonyl (C=O) groups is 1. The third kappa shape index (κ3) is 51.7. The molecule has 0 atom stereocenters. The predicted octanol–water partition coefficient (Wildman–Crippen LogP) is 1.27.